The van der Waals surface area contributed by atoms with Gasteiger partial charge < -0.3 is 65.1 Å². The van der Waals surface area contributed by atoms with E-state index in [0.29, 0.717) is 12.8 Å². The molecule has 12 atom stereocenters. The molecule has 1 amide bonds. The normalized spacial score (nSPS) is 23.1. The summed E-state index contributed by atoms with van der Waals surface area (Å²) >= 11 is 0. The molecule has 0 aromatic rings. The molecule has 2 rings (SSSR count). The van der Waals surface area contributed by atoms with E-state index in [2.05, 4.69) is 79.9 Å². The zero-order valence-electron chi connectivity index (χ0n) is 58.1. The number of rotatable bonds is 63. The molecule has 9 N–H and O–H groups in total. The van der Waals surface area contributed by atoms with Crippen LogP contribution in [-0.2, 0) is 23.7 Å². The van der Waals surface area contributed by atoms with Crippen LogP contribution in [0.25, 0.3) is 0 Å². The van der Waals surface area contributed by atoms with Gasteiger partial charge in [-0.3, -0.25) is 4.79 Å². The molecule has 0 aliphatic carbocycles. The van der Waals surface area contributed by atoms with Gasteiger partial charge in [0.05, 0.1) is 32.0 Å². The van der Waals surface area contributed by atoms with E-state index in [1.807, 2.05) is 0 Å². The van der Waals surface area contributed by atoms with E-state index in [0.717, 1.165) is 83.5 Å². The van der Waals surface area contributed by atoms with E-state index in [4.69, 9.17) is 18.9 Å². The number of allylic oxidation sites excluding steroid dienone is 10. The Bertz CT molecular complexity index is 1760. The fourth-order valence-corrected chi connectivity index (χ4v) is 12.5. The van der Waals surface area contributed by atoms with Crippen molar-refractivity contribution < 1.29 is 64.6 Å². The molecular weight excluding hydrogens is 1150 g/mol. The fraction of sp³-hybridized carbons (Fsp3) is 0.857. The standard InChI is InChI=1S/C77H141NO13/c1-3-5-7-9-11-13-15-17-19-21-22-23-24-25-26-27-28-29-30-31-32-33-34-35-36-37-38-39-40-41-42-43-44-45-47-49-51-53-55-57-59-61-69(82)78-65(66(81)60-58-56-54-52-50-48-46-20-18-16-14-12-10-8-6-4-2)64-88-76-74(87)72(85)75(68(63-80)90-76)91-77-73(86)71(84)70(83)67(62-79)89-77/h5,7,11,13,17,19,22-23,25-26,65-68,70-77,79-81,83-87H,3-4,6,8-10,12,14-16,18,20-21,24,27-64H2,1-2H3,(H,78,82)/b7-5-,13-11-,19-17-,23-22-,26-25-. The summed E-state index contributed by atoms with van der Waals surface area (Å²) in [5.74, 6) is -0.201. The van der Waals surface area contributed by atoms with Crippen molar-refractivity contribution >= 4 is 5.91 Å². The second-order valence-corrected chi connectivity index (χ2v) is 26.8. The fourth-order valence-electron chi connectivity index (χ4n) is 12.5. The smallest absolute Gasteiger partial charge is 0.220 e. The molecule has 2 aliphatic rings. The summed E-state index contributed by atoms with van der Waals surface area (Å²) in [5.41, 5.74) is 0. The van der Waals surface area contributed by atoms with Crippen LogP contribution in [0.15, 0.2) is 60.8 Å². The minimum atomic E-state index is -1.78. The van der Waals surface area contributed by atoms with E-state index in [1.165, 1.54) is 218 Å². The van der Waals surface area contributed by atoms with Gasteiger partial charge in [-0.05, 0) is 57.8 Å². The Kier molecular flexibility index (Phi) is 57.1. The van der Waals surface area contributed by atoms with Crippen LogP contribution in [0, 0.1) is 0 Å². The Hall–Kier alpha value is -2.31. The summed E-state index contributed by atoms with van der Waals surface area (Å²) in [6, 6.07) is -0.828. The van der Waals surface area contributed by atoms with Gasteiger partial charge in [-0.15, -0.1) is 0 Å². The highest BCUT2D eigenvalue weighted by Gasteiger charge is 2.51. The summed E-state index contributed by atoms with van der Waals surface area (Å²) in [5, 5.41) is 87.6. The molecule has 14 nitrogen and oxygen atoms in total. The lowest BCUT2D eigenvalue weighted by Crippen LogP contribution is -2.65. The second-order valence-electron chi connectivity index (χ2n) is 26.8. The molecular formula is C77H141NO13. The maximum absolute atomic E-state index is 13.4. The molecule has 0 bridgehead atoms. The third-order valence-corrected chi connectivity index (χ3v) is 18.5. The van der Waals surface area contributed by atoms with Gasteiger partial charge in [0, 0.05) is 6.42 Å². The van der Waals surface area contributed by atoms with Crippen LogP contribution in [0.3, 0.4) is 0 Å². The minimum Gasteiger partial charge on any atom is -0.394 e. The largest absolute Gasteiger partial charge is 0.394 e. The Morgan fingerprint density at radius 3 is 1.16 bits per heavy atom. The van der Waals surface area contributed by atoms with Crippen LogP contribution in [-0.4, -0.2) is 140 Å². The highest BCUT2D eigenvalue weighted by atomic mass is 16.7. The minimum absolute atomic E-state index is 0.201. The number of amides is 1. The van der Waals surface area contributed by atoms with Gasteiger partial charge in [-0.1, -0.05) is 325 Å². The number of hydrogen-bond acceptors (Lipinski definition) is 13. The highest BCUT2D eigenvalue weighted by Crippen LogP contribution is 2.30. The van der Waals surface area contributed by atoms with Gasteiger partial charge in [0.15, 0.2) is 12.6 Å². The van der Waals surface area contributed by atoms with Crippen LogP contribution in [0.4, 0.5) is 0 Å². The molecule has 12 unspecified atom stereocenters. The Morgan fingerprint density at radius 2 is 0.758 bits per heavy atom. The quantitative estimate of drug-likeness (QED) is 0.0204. The van der Waals surface area contributed by atoms with Crippen molar-refractivity contribution in [2.24, 2.45) is 0 Å². The van der Waals surface area contributed by atoms with Gasteiger partial charge in [0.2, 0.25) is 5.91 Å². The molecule has 2 fully saturated rings. The summed E-state index contributed by atoms with van der Waals surface area (Å²) in [4.78, 5) is 13.4. The number of hydrogen-bond donors (Lipinski definition) is 9. The van der Waals surface area contributed by atoms with E-state index in [9.17, 15) is 45.6 Å². The van der Waals surface area contributed by atoms with Gasteiger partial charge in [0.1, 0.15) is 48.8 Å². The molecule has 0 radical (unpaired) electrons. The topological polar surface area (TPSA) is 228 Å². The summed E-state index contributed by atoms with van der Waals surface area (Å²) in [6.07, 6.45) is 65.5. The number of aliphatic hydroxyl groups excluding tert-OH is 8. The first-order chi connectivity index (χ1) is 44.6. The van der Waals surface area contributed by atoms with Crippen LogP contribution in [0.2, 0.25) is 0 Å². The molecule has 2 saturated heterocycles. The number of aliphatic hydroxyl groups is 8. The van der Waals surface area contributed by atoms with Crippen molar-refractivity contribution in [3.63, 3.8) is 0 Å². The average molecular weight is 1290 g/mol. The van der Waals surface area contributed by atoms with Crippen molar-refractivity contribution in [1.29, 1.82) is 0 Å². The first kappa shape index (κ1) is 84.8. The van der Waals surface area contributed by atoms with Crippen molar-refractivity contribution in [2.45, 2.75) is 402 Å². The number of unbranched alkanes of at least 4 members (excludes halogenated alkanes) is 40. The first-order valence-electron chi connectivity index (χ1n) is 38.0. The van der Waals surface area contributed by atoms with E-state index in [-0.39, 0.29) is 12.5 Å². The maximum atomic E-state index is 13.4. The predicted octanol–water partition coefficient (Wildman–Crippen LogP) is 16.4. The second kappa shape index (κ2) is 61.3. The van der Waals surface area contributed by atoms with E-state index < -0.39 is 86.8 Å². The van der Waals surface area contributed by atoms with Crippen molar-refractivity contribution in [1.82, 2.24) is 5.32 Å². The molecule has 0 spiro atoms. The maximum Gasteiger partial charge on any atom is 0.220 e. The Labute approximate surface area is 556 Å². The van der Waals surface area contributed by atoms with Gasteiger partial charge in [0.25, 0.3) is 0 Å². The number of nitrogens with one attached hydrogen (secondary N) is 1. The molecule has 14 heteroatoms. The molecule has 91 heavy (non-hydrogen) atoms. The van der Waals surface area contributed by atoms with Crippen LogP contribution >= 0.6 is 0 Å². The molecule has 532 valence electrons. The average Bonchev–Trinajstić information content (AvgIpc) is 1.24. The SMILES string of the molecule is CC/C=C\C/C=C\C/C=C\C/C=C\C/C=C\CCCCCCCCCCCCCCCCCCCCCCCCCCCC(=O)NC(COC1OC(CO)C(OC2OC(CO)C(O)C(O)C2O)C(O)C1O)C(O)CCCCCCCCCCCCCCCCCC. The Balaban J connectivity index is 1.54. The number of ether oxygens (including phenoxy) is 4. The lowest BCUT2D eigenvalue weighted by molar-refractivity contribution is -0.359. The lowest BCUT2D eigenvalue weighted by Gasteiger charge is -2.46. The lowest BCUT2D eigenvalue weighted by atomic mass is 9.97. The van der Waals surface area contributed by atoms with Gasteiger partial charge >= 0.3 is 0 Å². The molecule has 2 heterocycles. The van der Waals surface area contributed by atoms with Crippen LogP contribution in [0.5, 0.6) is 0 Å². The first-order valence-corrected chi connectivity index (χ1v) is 38.0. The summed E-state index contributed by atoms with van der Waals surface area (Å²) in [7, 11) is 0. The zero-order valence-corrected chi connectivity index (χ0v) is 58.1. The zero-order chi connectivity index (χ0) is 65.9. The monoisotopic (exact) mass is 1290 g/mol. The number of carbonyl (C=O) groups excluding carboxylic acids is 1. The van der Waals surface area contributed by atoms with Crippen LogP contribution < -0.4 is 5.32 Å². The third kappa shape index (κ3) is 44.9. The molecule has 0 aromatic carbocycles. The molecule has 2 aliphatic heterocycles. The third-order valence-electron chi connectivity index (χ3n) is 18.5. The van der Waals surface area contributed by atoms with Gasteiger partial charge in [-0.25, -0.2) is 0 Å². The van der Waals surface area contributed by atoms with Crippen molar-refractivity contribution in [3.05, 3.63) is 60.8 Å². The molecule has 0 aromatic heterocycles. The molecule has 0 saturated carbocycles. The highest BCUT2D eigenvalue weighted by molar-refractivity contribution is 5.76. The summed E-state index contributed by atoms with van der Waals surface area (Å²) in [6.45, 7) is 2.78. The van der Waals surface area contributed by atoms with E-state index >= 15 is 0 Å². The predicted molar refractivity (Wildman–Crippen MR) is 374 cm³/mol. The number of carbonyl (C=O) groups is 1. The van der Waals surface area contributed by atoms with Gasteiger partial charge in [-0.2, -0.15) is 0 Å². The van der Waals surface area contributed by atoms with Crippen molar-refractivity contribution in [2.75, 3.05) is 19.8 Å². The van der Waals surface area contributed by atoms with Crippen LogP contribution in [0.1, 0.15) is 328 Å². The van der Waals surface area contributed by atoms with E-state index in [1.54, 1.807) is 0 Å². The Morgan fingerprint density at radius 1 is 0.407 bits per heavy atom. The summed E-state index contributed by atoms with van der Waals surface area (Å²) < 4.78 is 22.9. The van der Waals surface area contributed by atoms with Crippen molar-refractivity contribution in [3.8, 4) is 0 Å².